The van der Waals surface area contributed by atoms with Gasteiger partial charge < -0.3 is 5.32 Å². The summed E-state index contributed by atoms with van der Waals surface area (Å²) in [6, 6.07) is 18.2. The molecule has 1 unspecified atom stereocenters. The summed E-state index contributed by atoms with van der Waals surface area (Å²) in [6.07, 6.45) is 1.92. The van der Waals surface area contributed by atoms with Gasteiger partial charge in [-0.1, -0.05) is 58.4 Å². The molecule has 0 fully saturated rings. The molecule has 2 rings (SSSR count). The number of amides is 1. The number of halogens is 1. The second-order valence-electron chi connectivity index (χ2n) is 5.23. The van der Waals surface area contributed by atoms with E-state index in [0.29, 0.717) is 5.56 Å². The fourth-order valence-electron chi connectivity index (χ4n) is 2.15. The molecule has 110 valence electrons. The van der Waals surface area contributed by atoms with Gasteiger partial charge in [-0.05, 0) is 43.0 Å². The van der Waals surface area contributed by atoms with E-state index >= 15 is 0 Å². The van der Waals surface area contributed by atoms with Gasteiger partial charge >= 0.3 is 0 Å². The molecule has 1 amide bonds. The molecule has 0 aliphatic heterocycles. The van der Waals surface area contributed by atoms with Gasteiger partial charge in [0.25, 0.3) is 5.91 Å². The Morgan fingerprint density at radius 2 is 1.71 bits per heavy atom. The zero-order valence-corrected chi connectivity index (χ0v) is 13.8. The van der Waals surface area contributed by atoms with Gasteiger partial charge in [0.15, 0.2) is 0 Å². The van der Waals surface area contributed by atoms with Gasteiger partial charge in [-0.15, -0.1) is 0 Å². The van der Waals surface area contributed by atoms with Gasteiger partial charge in [0.2, 0.25) is 0 Å². The summed E-state index contributed by atoms with van der Waals surface area (Å²) in [6.45, 7) is 2.05. The second-order valence-corrected chi connectivity index (χ2v) is 5.79. The lowest BCUT2D eigenvalue weighted by Crippen LogP contribution is -2.32. The van der Waals surface area contributed by atoms with Crippen LogP contribution in [0.1, 0.15) is 34.8 Å². The number of hydrogen-bond acceptors (Lipinski definition) is 1. The van der Waals surface area contributed by atoms with Gasteiger partial charge in [0.1, 0.15) is 0 Å². The quantitative estimate of drug-likeness (QED) is 0.775. The van der Waals surface area contributed by atoms with Crippen LogP contribution in [0.5, 0.6) is 0 Å². The van der Waals surface area contributed by atoms with Crippen LogP contribution in [-0.2, 0) is 11.8 Å². The standard InChI is InChI=1S/C18H20BrNO/c1-14(7-8-15-5-3-2-4-6-15)20-18(21)17-11-9-16(13-19)10-12-17/h2-6,9-12,14H,7-8,13H2,1H3,(H,20,21). The van der Waals surface area contributed by atoms with Crippen LogP contribution < -0.4 is 5.32 Å². The Kier molecular flexibility index (Phi) is 6.00. The lowest BCUT2D eigenvalue weighted by atomic mass is 10.1. The first-order valence-electron chi connectivity index (χ1n) is 7.18. The van der Waals surface area contributed by atoms with Gasteiger partial charge in [-0.2, -0.15) is 0 Å². The number of alkyl halides is 1. The lowest BCUT2D eigenvalue weighted by molar-refractivity contribution is 0.0938. The second kappa shape index (κ2) is 7.99. The van der Waals surface area contributed by atoms with E-state index in [0.717, 1.165) is 18.2 Å². The molecule has 3 heteroatoms. The molecule has 0 radical (unpaired) electrons. The van der Waals surface area contributed by atoms with E-state index in [-0.39, 0.29) is 11.9 Å². The van der Waals surface area contributed by atoms with Crippen LogP contribution in [-0.4, -0.2) is 11.9 Å². The lowest BCUT2D eigenvalue weighted by Gasteiger charge is -2.14. The molecule has 0 aliphatic carbocycles. The Morgan fingerprint density at radius 3 is 2.33 bits per heavy atom. The van der Waals surface area contributed by atoms with Crippen LogP contribution in [0.4, 0.5) is 0 Å². The minimum absolute atomic E-state index is 0.00307. The first-order valence-corrected chi connectivity index (χ1v) is 8.31. The fraction of sp³-hybridized carbons (Fsp3) is 0.278. The van der Waals surface area contributed by atoms with Crippen LogP contribution >= 0.6 is 15.9 Å². The van der Waals surface area contributed by atoms with E-state index in [2.05, 4.69) is 33.4 Å². The van der Waals surface area contributed by atoms with Crippen molar-refractivity contribution >= 4 is 21.8 Å². The van der Waals surface area contributed by atoms with Gasteiger partial charge in [-0.25, -0.2) is 0 Å². The zero-order chi connectivity index (χ0) is 15.1. The molecule has 0 saturated heterocycles. The number of carbonyl (C=O) groups is 1. The highest BCUT2D eigenvalue weighted by Gasteiger charge is 2.09. The summed E-state index contributed by atoms with van der Waals surface area (Å²) in [5.41, 5.74) is 3.19. The van der Waals surface area contributed by atoms with Crippen molar-refractivity contribution in [1.82, 2.24) is 5.32 Å². The summed E-state index contributed by atoms with van der Waals surface area (Å²) in [5, 5.41) is 3.86. The van der Waals surface area contributed by atoms with Crippen LogP contribution in [0.3, 0.4) is 0 Å². The number of nitrogens with one attached hydrogen (secondary N) is 1. The van der Waals surface area contributed by atoms with Crippen molar-refractivity contribution in [2.75, 3.05) is 0 Å². The van der Waals surface area contributed by atoms with Crippen LogP contribution in [0.2, 0.25) is 0 Å². The van der Waals surface area contributed by atoms with E-state index in [1.165, 1.54) is 11.1 Å². The van der Waals surface area contributed by atoms with E-state index < -0.39 is 0 Å². The van der Waals surface area contributed by atoms with Crippen molar-refractivity contribution in [1.29, 1.82) is 0 Å². The SMILES string of the molecule is CC(CCc1ccccc1)NC(=O)c1ccc(CBr)cc1. The Hall–Kier alpha value is -1.61. The average Bonchev–Trinajstić information content (AvgIpc) is 2.54. The van der Waals surface area contributed by atoms with Crippen LogP contribution in [0, 0.1) is 0 Å². The number of hydrogen-bond donors (Lipinski definition) is 1. The molecule has 0 aromatic heterocycles. The molecule has 1 atom stereocenters. The Bertz CT molecular complexity index is 566. The maximum absolute atomic E-state index is 12.1. The first-order chi connectivity index (χ1) is 10.2. The normalized spacial score (nSPS) is 11.9. The highest BCUT2D eigenvalue weighted by atomic mass is 79.9. The fourth-order valence-corrected chi connectivity index (χ4v) is 2.53. The van der Waals surface area contributed by atoms with Crippen molar-refractivity contribution < 1.29 is 4.79 Å². The van der Waals surface area contributed by atoms with Crippen LogP contribution in [0.15, 0.2) is 54.6 Å². The summed E-state index contributed by atoms with van der Waals surface area (Å²) < 4.78 is 0. The monoisotopic (exact) mass is 345 g/mol. The zero-order valence-electron chi connectivity index (χ0n) is 12.2. The molecule has 0 bridgehead atoms. The summed E-state index contributed by atoms with van der Waals surface area (Å²) in [4.78, 5) is 12.1. The van der Waals surface area contributed by atoms with E-state index in [9.17, 15) is 4.79 Å². The molecule has 2 aromatic rings. The number of benzene rings is 2. The smallest absolute Gasteiger partial charge is 0.251 e. The molecule has 2 nitrogen and oxygen atoms in total. The molecule has 0 saturated carbocycles. The van der Waals surface area contributed by atoms with E-state index in [1.807, 2.05) is 49.4 Å². The van der Waals surface area contributed by atoms with Crippen molar-refractivity contribution in [2.24, 2.45) is 0 Å². The van der Waals surface area contributed by atoms with Gasteiger partial charge in [0.05, 0.1) is 0 Å². The largest absolute Gasteiger partial charge is 0.350 e. The highest BCUT2D eigenvalue weighted by Crippen LogP contribution is 2.09. The minimum Gasteiger partial charge on any atom is -0.350 e. The van der Waals surface area contributed by atoms with Gasteiger partial charge in [-0.3, -0.25) is 4.79 Å². The minimum atomic E-state index is -0.00307. The number of rotatable bonds is 6. The number of aryl methyl sites for hydroxylation is 1. The van der Waals surface area contributed by atoms with Crippen molar-refractivity contribution in [3.8, 4) is 0 Å². The average molecular weight is 346 g/mol. The first kappa shape index (κ1) is 15.8. The summed E-state index contributed by atoms with van der Waals surface area (Å²) >= 11 is 3.40. The van der Waals surface area contributed by atoms with E-state index in [4.69, 9.17) is 0 Å². The predicted octanol–water partition coefficient (Wildman–Crippen LogP) is 4.33. The van der Waals surface area contributed by atoms with Gasteiger partial charge in [0, 0.05) is 16.9 Å². The maximum atomic E-state index is 12.1. The Balaban J connectivity index is 1.83. The topological polar surface area (TPSA) is 29.1 Å². The highest BCUT2D eigenvalue weighted by molar-refractivity contribution is 9.08. The van der Waals surface area contributed by atoms with Crippen molar-refractivity contribution in [3.05, 3.63) is 71.3 Å². The van der Waals surface area contributed by atoms with Crippen LogP contribution in [0.25, 0.3) is 0 Å². The number of carbonyl (C=O) groups excluding carboxylic acids is 1. The third kappa shape index (κ3) is 5.01. The van der Waals surface area contributed by atoms with Crippen molar-refractivity contribution in [2.45, 2.75) is 31.1 Å². The summed E-state index contributed by atoms with van der Waals surface area (Å²) in [5.74, 6) is -0.00307. The Labute approximate surface area is 134 Å². The van der Waals surface area contributed by atoms with Crippen molar-refractivity contribution in [3.63, 3.8) is 0 Å². The molecular formula is C18H20BrNO. The molecule has 1 N–H and O–H groups in total. The molecule has 0 aliphatic rings. The maximum Gasteiger partial charge on any atom is 0.251 e. The molecule has 0 spiro atoms. The molecule has 0 heterocycles. The molecule has 2 aromatic carbocycles. The van der Waals surface area contributed by atoms with E-state index in [1.54, 1.807) is 0 Å². The molecular weight excluding hydrogens is 326 g/mol. The Morgan fingerprint density at radius 1 is 1.05 bits per heavy atom. The third-order valence-electron chi connectivity index (χ3n) is 3.46. The predicted molar refractivity (Wildman–Crippen MR) is 90.8 cm³/mol. The molecule has 21 heavy (non-hydrogen) atoms. The third-order valence-corrected chi connectivity index (χ3v) is 4.10. The summed E-state index contributed by atoms with van der Waals surface area (Å²) in [7, 11) is 0.